The molecule has 4 heterocycles. The van der Waals surface area contributed by atoms with Crippen LogP contribution in [0.3, 0.4) is 0 Å². The summed E-state index contributed by atoms with van der Waals surface area (Å²) < 4.78 is 6.19. The number of aromatic nitrogens is 2. The minimum Gasteiger partial charge on any atom is -0.487 e. The molecule has 5 rings (SSSR count). The minimum atomic E-state index is -0.169. The van der Waals surface area contributed by atoms with Crippen molar-refractivity contribution in [1.82, 2.24) is 15.3 Å². The second-order valence-corrected chi connectivity index (χ2v) is 8.50. The van der Waals surface area contributed by atoms with Gasteiger partial charge < -0.3 is 10.1 Å². The van der Waals surface area contributed by atoms with Gasteiger partial charge in [-0.25, -0.2) is 4.98 Å². The zero-order valence-electron chi connectivity index (χ0n) is 15.4. The Balaban J connectivity index is 1.25. The van der Waals surface area contributed by atoms with Crippen LogP contribution in [-0.4, -0.2) is 28.5 Å². The summed E-state index contributed by atoms with van der Waals surface area (Å²) in [5.74, 6) is 0.726. The van der Waals surface area contributed by atoms with E-state index in [1.165, 1.54) is 11.3 Å². The SMILES string of the molecule is O=C(NC[C@H]1Cc2cccc(-c3ccncc3)c2O1)c1csc(-c2cccs2)n1. The number of nitrogens with zero attached hydrogens (tertiary/aromatic N) is 2. The largest absolute Gasteiger partial charge is 0.487 e. The Bertz CT molecular complexity index is 1140. The van der Waals surface area contributed by atoms with Gasteiger partial charge >= 0.3 is 0 Å². The summed E-state index contributed by atoms with van der Waals surface area (Å²) in [4.78, 5) is 22.1. The molecule has 1 amide bonds. The number of rotatable bonds is 5. The number of para-hydroxylation sites is 1. The van der Waals surface area contributed by atoms with Gasteiger partial charge in [-0.1, -0.05) is 24.3 Å². The van der Waals surface area contributed by atoms with Crippen molar-refractivity contribution in [2.75, 3.05) is 6.54 Å². The number of hydrogen-bond donors (Lipinski definition) is 1. The summed E-state index contributed by atoms with van der Waals surface area (Å²) in [7, 11) is 0. The van der Waals surface area contributed by atoms with Crippen molar-refractivity contribution in [2.24, 2.45) is 0 Å². The van der Waals surface area contributed by atoms with E-state index in [4.69, 9.17) is 4.74 Å². The average Bonchev–Trinajstić information content (AvgIpc) is 3.52. The van der Waals surface area contributed by atoms with Gasteiger partial charge in [-0.15, -0.1) is 22.7 Å². The Kier molecular flexibility index (Phi) is 4.83. The fraction of sp³-hybridized carbons (Fsp3) is 0.136. The van der Waals surface area contributed by atoms with Gasteiger partial charge in [-0.3, -0.25) is 9.78 Å². The van der Waals surface area contributed by atoms with E-state index in [-0.39, 0.29) is 12.0 Å². The maximum Gasteiger partial charge on any atom is 0.270 e. The quantitative estimate of drug-likeness (QED) is 0.511. The first-order valence-electron chi connectivity index (χ1n) is 9.24. The molecule has 5 nitrogen and oxygen atoms in total. The average molecular weight is 420 g/mol. The molecule has 0 radical (unpaired) electrons. The van der Waals surface area contributed by atoms with Crippen LogP contribution in [0.5, 0.6) is 5.75 Å². The third kappa shape index (κ3) is 3.66. The van der Waals surface area contributed by atoms with Crippen LogP contribution in [0.15, 0.2) is 65.6 Å². The first-order valence-corrected chi connectivity index (χ1v) is 11.0. The standard InChI is InChI=1S/C22H17N3O2S2/c26-21(18-13-29-22(25-18)19-5-2-10-28-19)24-12-16-11-15-3-1-4-17(20(15)27-16)14-6-8-23-9-7-14/h1-10,13,16H,11-12H2,(H,24,26)/t16-/m1/s1. The fourth-order valence-electron chi connectivity index (χ4n) is 3.40. The van der Waals surface area contributed by atoms with Gasteiger partial charge in [0.15, 0.2) is 0 Å². The van der Waals surface area contributed by atoms with Crippen LogP contribution in [0.2, 0.25) is 0 Å². The van der Waals surface area contributed by atoms with Crippen LogP contribution in [0, 0.1) is 0 Å². The van der Waals surface area contributed by atoms with Crippen LogP contribution in [-0.2, 0) is 6.42 Å². The molecule has 144 valence electrons. The van der Waals surface area contributed by atoms with E-state index in [1.807, 2.05) is 35.7 Å². The van der Waals surface area contributed by atoms with E-state index in [0.29, 0.717) is 12.2 Å². The first kappa shape index (κ1) is 18.0. The molecule has 0 saturated heterocycles. The van der Waals surface area contributed by atoms with Crippen LogP contribution >= 0.6 is 22.7 Å². The highest BCUT2D eigenvalue weighted by atomic mass is 32.1. The van der Waals surface area contributed by atoms with E-state index in [1.54, 1.807) is 29.1 Å². The lowest BCUT2D eigenvalue weighted by molar-refractivity contribution is 0.0929. The highest BCUT2D eigenvalue weighted by molar-refractivity contribution is 7.20. The lowest BCUT2D eigenvalue weighted by Crippen LogP contribution is -2.34. The van der Waals surface area contributed by atoms with E-state index < -0.39 is 0 Å². The minimum absolute atomic E-state index is 0.0904. The molecule has 3 aromatic heterocycles. The van der Waals surface area contributed by atoms with Crippen molar-refractivity contribution in [2.45, 2.75) is 12.5 Å². The molecule has 1 aliphatic heterocycles. The van der Waals surface area contributed by atoms with Crippen molar-refractivity contribution >= 4 is 28.6 Å². The van der Waals surface area contributed by atoms with E-state index in [9.17, 15) is 4.79 Å². The number of carbonyl (C=O) groups is 1. The molecular weight excluding hydrogens is 402 g/mol. The number of pyridine rings is 1. The Hall–Kier alpha value is -3.03. The number of thiazole rings is 1. The number of benzene rings is 1. The van der Waals surface area contributed by atoms with Gasteiger partial charge in [-0.05, 0) is 34.7 Å². The Morgan fingerprint density at radius 2 is 2.03 bits per heavy atom. The first-order chi connectivity index (χ1) is 14.3. The van der Waals surface area contributed by atoms with E-state index in [2.05, 4.69) is 27.4 Å². The Morgan fingerprint density at radius 1 is 1.14 bits per heavy atom. The summed E-state index contributed by atoms with van der Waals surface area (Å²) >= 11 is 3.10. The fourth-order valence-corrected chi connectivity index (χ4v) is 5.01. The molecule has 0 aliphatic carbocycles. The van der Waals surface area contributed by atoms with E-state index >= 15 is 0 Å². The zero-order valence-corrected chi connectivity index (χ0v) is 17.0. The van der Waals surface area contributed by atoms with Crippen molar-refractivity contribution in [3.8, 4) is 26.8 Å². The Morgan fingerprint density at radius 3 is 2.86 bits per heavy atom. The topological polar surface area (TPSA) is 64.1 Å². The van der Waals surface area contributed by atoms with Gasteiger partial charge in [0.2, 0.25) is 0 Å². The van der Waals surface area contributed by atoms with Gasteiger partial charge in [-0.2, -0.15) is 0 Å². The van der Waals surface area contributed by atoms with Crippen molar-refractivity contribution in [3.05, 3.63) is 76.9 Å². The number of amides is 1. The number of carbonyl (C=O) groups excluding carboxylic acids is 1. The number of thiophene rings is 1. The summed E-state index contributed by atoms with van der Waals surface area (Å²) in [6, 6.07) is 14.1. The molecular formula is C22H17N3O2S2. The van der Waals surface area contributed by atoms with Crippen LogP contribution in [0.4, 0.5) is 0 Å². The maximum absolute atomic E-state index is 12.5. The van der Waals surface area contributed by atoms with Gasteiger partial charge in [0.1, 0.15) is 22.6 Å². The summed E-state index contributed by atoms with van der Waals surface area (Å²) in [5, 5.41) is 7.65. The highest BCUT2D eigenvalue weighted by Gasteiger charge is 2.26. The van der Waals surface area contributed by atoms with E-state index in [0.717, 1.165) is 38.7 Å². The molecule has 1 atom stereocenters. The summed E-state index contributed by atoms with van der Waals surface area (Å²) in [6.07, 6.45) is 4.23. The molecule has 4 aromatic rings. The third-order valence-corrected chi connectivity index (χ3v) is 6.66. The second kappa shape index (κ2) is 7.77. The smallest absolute Gasteiger partial charge is 0.270 e. The number of nitrogens with one attached hydrogen (secondary N) is 1. The molecule has 0 bridgehead atoms. The van der Waals surface area contributed by atoms with Gasteiger partial charge in [0, 0.05) is 29.8 Å². The van der Waals surface area contributed by atoms with Crippen molar-refractivity contribution < 1.29 is 9.53 Å². The zero-order chi connectivity index (χ0) is 19.6. The molecule has 7 heteroatoms. The van der Waals surface area contributed by atoms with Crippen LogP contribution < -0.4 is 10.1 Å². The maximum atomic E-state index is 12.5. The Labute approximate surface area is 176 Å². The normalized spacial score (nSPS) is 15.0. The second-order valence-electron chi connectivity index (χ2n) is 6.70. The third-order valence-electron chi connectivity index (χ3n) is 4.78. The number of fused-ring (bicyclic) bond motifs is 1. The lowest BCUT2D eigenvalue weighted by Gasteiger charge is -2.13. The van der Waals surface area contributed by atoms with Gasteiger partial charge in [0.05, 0.1) is 11.4 Å². The van der Waals surface area contributed by atoms with Crippen LogP contribution in [0.1, 0.15) is 16.1 Å². The molecule has 0 saturated carbocycles. The highest BCUT2D eigenvalue weighted by Crippen LogP contribution is 2.38. The lowest BCUT2D eigenvalue weighted by atomic mass is 10.0. The molecule has 29 heavy (non-hydrogen) atoms. The van der Waals surface area contributed by atoms with Crippen molar-refractivity contribution in [3.63, 3.8) is 0 Å². The predicted octanol–water partition coefficient (Wildman–Crippen LogP) is 4.67. The van der Waals surface area contributed by atoms with Crippen molar-refractivity contribution in [1.29, 1.82) is 0 Å². The monoisotopic (exact) mass is 419 g/mol. The molecule has 0 spiro atoms. The predicted molar refractivity (Wildman–Crippen MR) is 116 cm³/mol. The van der Waals surface area contributed by atoms with Crippen LogP contribution in [0.25, 0.3) is 21.0 Å². The molecule has 0 fully saturated rings. The molecule has 1 N–H and O–H groups in total. The summed E-state index contributed by atoms with van der Waals surface area (Å²) in [6.45, 7) is 0.440. The number of ether oxygens (including phenoxy) is 1. The molecule has 1 aliphatic rings. The molecule has 0 unspecified atom stereocenters. The van der Waals surface area contributed by atoms with Gasteiger partial charge in [0.25, 0.3) is 5.91 Å². The number of hydrogen-bond acceptors (Lipinski definition) is 6. The molecule has 1 aromatic carbocycles. The summed E-state index contributed by atoms with van der Waals surface area (Å²) in [5.41, 5.74) is 3.74.